The van der Waals surface area contributed by atoms with Crippen LogP contribution in [0.5, 0.6) is 0 Å². The van der Waals surface area contributed by atoms with Crippen molar-refractivity contribution in [1.82, 2.24) is 4.31 Å². The number of benzene rings is 1. The lowest BCUT2D eigenvalue weighted by atomic mass is 10.2. The minimum absolute atomic E-state index is 0.136. The molecule has 0 radical (unpaired) electrons. The molecule has 0 saturated carbocycles. The molecular weight excluding hydrogens is 310 g/mol. The van der Waals surface area contributed by atoms with Crippen LogP contribution in [0, 0.1) is 0 Å². The molecule has 1 aromatic rings. The van der Waals surface area contributed by atoms with Gasteiger partial charge in [0.2, 0.25) is 10.0 Å². The zero-order valence-corrected chi connectivity index (χ0v) is 11.5. The van der Waals surface area contributed by atoms with E-state index in [0.29, 0.717) is 0 Å². The van der Waals surface area contributed by atoms with Gasteiger partial charge in [0.25, 0.3) is 0 Å². The van der Waals surface area contributed by atoms with Crippen molar-refractivity contribution < 1.29 is 18.3 Å². The molecule has 0 unspecified atom stereocenters. The number of carboxylic acid groups (broad SMARTS) is 1. The van der Waals surface area contributed by atoms with Gasteiger partial charge in [0.15, 0.2) is 5.75 Å². The molecule has 7 heteroatoms. The van der Waals surface area contributed by atoms with Crippen LogP contribution in [-0.4, -0.2) is 36.6 Å². The molecule has 94 valence electrons. The van der Waals surface area contributed by atoms with Crippen LogP contribution in [0.25, 0.3) is 0 Å². The Morgan fingerprint density at radius 3 is 2.53 bits per heavy atom. The second kappa shape index (κ2) is 5.61. The Morgan fingerprint density at radius 1 is 1.41 bits per heavy atom. The van der Waals surface area contributed by atoms with E-state index in [1.54, 1.807) is 18.2 Å². The van der Waals surface area contributed by atoms with Crippen molar-refractivity contribution in [2.75, 3.05) is 12.8 Å². The van der Waals surface area contributed by atoms with Crippen LogP contribution < -0.4 is 0 Å². The first-order valence-electron chi connectivity index (χ1n) is 4.72. The molecular formula is C10H12BrNO4S. The zero-order chi connectivity index (χ0) is 13.1. The molecule has 0 heterocycles. The van der Waals surface area contributed by atoms with Crippen LogP contribution in [0.2, 0.25) is 0 Å². The number of sulfonamides is 1. The summed E-state index contributed by atoms with van der Waals surface area (Å²) in [4.78, 5) is 10.4. The monoisotopic (exact) mass is 321 g/mol. The summed E-state index contributed by atoms with van der Waals surface area (Å²) in [6, 6.07) is 7.18. The van der Waals surface area contributed by atoms with E-state index < -0.39 is 21.7 Å². The standard InChI is InChI=1S/C10H12BrNO4S/c1-12(17(15,16)7-10(13)14)6-8-4-2-3-5-9(8)11/h2-5H,6-7H2,1H3,(H,13,14). The molecule has 17 heavy (non-hydrogen) atoms. The van der Waals surface area contributed by atoms with Gasteiger partial charge >= 0.3 is 5.97 Å². The number of aliphatic carboxylic acids is 1. The number of carboxylic acids is 1. The minimum Gasteiger partial charge on any atom is -0.480 e. The lowest BCUT2D eigenvalue weighted by molar-refractivity contribution is -0.134. The molecule has 1 aromatic carbocycles. The summed E-state index contributed by atoms with van der Waals surface area (Å²) in [5, 5.41) is 8.50. The van der Waals surface area contributed by atoms with E-state index >= 15 is 0 Å². The Hall–Kier alpha value is -0.920. The number of carbonyl (C=O) groups is 1. The van der Waals surface area contributed by atoms with Gasteiger partial charge in [-0.05, 0) is 11.6 Å². The lowest BCUT2D eigenvalue weighted by Gasteiger charge is -2.16. The molecule has 0 bridgehead atoms. The second-order valence-corrected chi connectivity index (χ2v) is 6.43. The van der Waals surface area contributed by atoms with Gasteiger partial charge in [0.1, 0.15) is 0 Å². The van der Waals surface area contributed by atoms with Gasteiger partial charge in [-0.1, -0.05) is 34.1 Å². The van der Waals surface area contributed by atoms with E-state index in [2.05, 4.69) is 15.9 Å². The summed E-state index contributed by atoms with van der Waals surface area (Å²) in [6.07, 6.45) is 0. The summed E-state index contributed by atoms with van der Waals surface area (Å²) in [7, 11) is -2.40. The number of halogens is 1. The van der Waals surface area contributed by atoms with Gasteiger partial charge in [0.05, 0.1) is 0 Å². The van der Waals surface area contributed by atoms with E-state index in [0.717, 1.165) is 14.3 Å². The second-order valence-electron chi connectivity index (χ2n) is 3.50. The van der Waals surface area contributed by atoms with Crippen LogP contribution in [0.1, 0.15) is 5.56 Å². The highest BCUT2D eigenvalue weighted by molar-refractivity contribution is 9.10. The Kier molecular flexibility index (Phi) is 4.67. The summed E-state index contributed by atoms with van der Waals surface area (Å²) in [5.74, 6) is -2.25. The highest BCUT2D eigenvalue weighted by Crippen LogP contribution is 2.18. The third-order valence-corrected chi connectivity index (χ3v) is 4.60. The molecule has 0 atom stereocenters. The summed E-state index contributed by atoms with van der Waals surface area (Å²) in [5.41, 5.74) is 0.781. The predicted octanol–water partition coefficient (Wildman–Crippen LogP) is 1.30. The molecule has 0 aromatic heterocycles. The van der Waals surface area contributed by atoms with Crippen molar-refractivity contribution in [3.05, 3.63) is 34.3 Å². The minimum atomic E-state index is -3.76. The average Bonchev–Trinajstić information content (AvgIpc) is 2.19. The van der Waals surface area contributed by atoms with Crippen LogP contribution in [-0.2, 0) is 21.4 Å². The molecule has 5 nitrogen and oxygen atoms in total. The Balaban J connectivity index is 2.83. The van der Waals surface area contributed by atoms with E-state index in [1.165, 1.54) is 7.05 Å². The van der Waals surface area contributed by atoms with Gasteiger partial charge in [-0.25, -0.2) is 12.7 Å². The number of hydrogen-bond acceptors (Lipinski definition) is 3. The molecule has 0 fully saturated rings. The average molecular weight is 322 g/mol. The van der Waals surface area contributed by atoms with Crippen molar-refractivity contribution in [1.29, 1.82) is 0 Å². The molecule has 0 aliphatic heterocycles. The third-order valence-electron chi connectivity index (χ3n) is 2.13. The Morgan fingerprint density at radius 2 is 2.00 bits per heavy atom. The molecule has 1 N–H and O–H groups in total. The van der Waals surface area contributed by atoms with Crippen molar-refractivity contribution in [3.8, 4) is 0 Å². The van der Waals surface area contributed by atoms with E-state index in [-0.39, 0.29) is 6.54 Å². The van der Waals surface area contributed by atoms with Gasteiger partial charge in [0, 0.05) is 18.1 Å². The van der Waals surface area contributed by atoms with Crippen LogP contribution in [0.4, 0.5) is 0 Å². The van der Waals surface area contributed by atoms with Gasteiger partial charge in [-0.15, -0.1) is 0 Å². The topological polar surface area (TPSA) is 74.7 Å². The largest absolute Gasteiger partial charge is 0.480 e. The number of rotatable bonds is 5. The van der Waals surface area contributed by atoms with Gasteiger partial charge in [-0.2, -0.15) is 0 Å². The smallest absolute Gasteiger partial charge is 0.320 e. The van der Waals surface area contributed by atoms with Crippen molar-refractivity contribution >= 4 is 31.9 Å². The maximum atomic E-state index is 11.6. The highest BCUT2D eigenvalue weighted by atomic mass is 79.9. The summed E-state index contributed by atoms with van der Waals surface area (Å²) < 4.78 is 25.0. The summed E-state index contributed by atoms with van der Waals surface area (Å²) >= 11 is 3.30. The molecule has 0 saturated heterocycles. The maximum Gasteiger partial charge on any atom is 0.320 e. The van der Waals surface area contributed by atoms with Crippen LogP contribution >= 0.6 is 15.9 Å². The molecule has 0 spiro atoms. The first-order chi connectivity index (χ1) is 7.83. The molecule has 1 rings (SSSR count). The zero-order valence-electron chi connectivity index (χ0n) is 9.13. The lowest BCUT2D eigenvalue weighted by Crippen LogP contribution is -2.31. The van der Waals surface area contributed by atoms with Crippen molar-refractivity contribution in [2.24, 2.45) is 0 Å². The number of hydrogen-bond donors (Lipinski definition) is 1. The predicted molar refractivity (Wildman–Crippen MR) is 67.0 cm³/mol. The highest BCUT2D eigenvalue weighted by Gasteiger charge is 2.22. The van der Waals surface area contributed by atoms with Crippen LogP contribution in [0.15, 0.2) is 28.7 Å². The van der Waals surface area contributed by atoms with E-state index in [9.17, 15) is 13.2 Å². The fourth-order valence-corrected chi connectivity index (χ4v) is 2.51. The van der Waals surface area contributed by atoms with E-state index in [4.69, 9.17) is 5.11 Å². The number of nitrogens with zero attached hydrogens (tertiary/aromatic N) is 1. The van der Waals surface area contributed by atoms with Crippen molar-refractivity contribution in [3.63, 3.8) is 0 Å². The fourth-order valence-electron chi connectivity index (χ4n) is 1.23. The normalized spacial score (nSPS) is 11.7. The van der Waals surface area contributed by atoms with Gasteiger partial charge < -0.3 is 5.11 Å². The third kappa shape index (κ3) is 4.10. The molecule has 0 amide bonds. The quantitative estimate of drug-likeness (QED) is 0.886. The SMILES string of the molecule is CN(Cc1ccccc1Br)S(=O)(=O)CC(=O)O. The Bertz CT molecular complexity index is 515. The van der Waals surface area contributed by atoms with E-state index in [1.807, 2.05) is 6.07 Å². The molecule has 0 aliphatic rings. The fraction of sp³-hybridized carbons (Fsp3) is 0.300. The first kappa shape index (κ1) is 14.1. The van der Waals surface area contributed by atoms with Crippen LogP contribution in [0.3, 0.4) is 0 Å². The molecule has 0 aliphatic carbocycles. The maximum absolute atomic E-state index is 11.6. The summed E-state index contributed by atoms with van der Waals surface area (Å²) in [6.45, 7) is 0.136. The Labute approximate surface area is 108 Å². The van der Waals surface area contributed by atoms with Gasteiger partial charge in [-0.3, -0.25) is 4.79 Å². The van der Waals surface area contributed by atoms with Crippen molar-refractivity contribution in [2.45, 2.75) is 6.54 Å². The first-order valence-corrected chi connectivity index (χ1v) is 7.12.